The first kappa shape index (κ1) is 21.1. The van der Waals surface area contributed by atoms with Crippen LogP contribution in [0.4, 0.5) is 11.4 Å². The third-order valence-corrected chi connectivity index (χ3v) is 4.55. The van der Waals surface area contributed by atoms with Crippen LogP contribution in [0.25, 0.3) is 0 Å². The van der Waals surface area contributed by atoms with Crippen LogP contribution < -0.4 is 5.32 Å². The summed E-state index contributed by atoms with van der Waals surface area (Å²) in [5.74, 6) is -1.09. The SMILES string of the molecule is CCOC(=O)CC(=O)CSc1ccc(NC(=O)c2cccc([N+](=O)[O-])c2)cc1. The van der Waals surface area contributed by atoms with E-state index in [2.05, 4.69) is 5.32 Å². The molecule has 146 valence electrons. The predicted molar refractivity (Wildman–Crippen MR) is 104 cm³/mol. The van der Waals surface area contributed by atoms with Crippen molar-refractivity contribution >= 4 is 40.8 Å². The number of anilines is 1. The number of ether oxygens (including phenoxy) is 1. The van der Waals surface area contributed by atoms with Crippen molar-refractivity contribution in [2.45, 2.75) is 18.2 Å². The highest BCUT2D eigenvalue weighted by Crippen LogP contribution is 2.21. The molecule has 0 saturated heterocycles. The number of ketones is 1. The number of non-ortho nitro benzene ring substituents is 1. The van der Waals surface area contributed by atoms with E-state index in [1.807, 2.05) is 0 Å². The Balaban J connectivity index is 1.89. The van der Waals surface area contributed by atoms with Gasteiger partial charge in [0.25, 0.3) is 11.6 Å². The fourth-order valence-corrected chi connectivity index (χ4v) is 2.94. The number of rotatable bonds is 9. The van der Waals surface area contributed by atoms with Gasteiger partial charge in [0.1, 0.15) is 6.42 Å². The van der Waals surface area contributed by atoms with E-state index < -0.39 is 16.8 Å². The summed E-state index contributed by atoms with van der Waals surface area (Å²) in [6.45, 7) is 1.92. The normalized spacial score (nSPS) is 10.2. The third kappa shape index (κ3) is 6.51. The molecule has 0 aliphatic carbocycles. The Labute approximate surface area is 165 Å². The summed E-state index contributed by atoms with van der Waals surface area (Å²) in [4.78, 5) is 46.2. The molecule has 0 atom stereocenters. The highest BCUT2D eigenvalue weighted by Gasteiger charge is 2.13. The molecule has 0 aromatic heterocycles. The molecule has 0 saturated carbocycles. The zero-order chi connectivity index (χ0) is 20.5. The Bertz CT molecular complexity index is 882. The molecular weight excluding hydrogens is 384 g/mol. The number of nitrogens with one attached hydrogen (secondary N) is 1. The molecular formula is C19H18N2O6S. The van der Waals surface area contributed by atoms with Crippen molar-refractivity contribution in [3.8, 4) is 0 Å². The Morgan fingerprint density at radius 3 is 2.50 bits per heavy atom. The fraction of sp³-hybridized carbons (Fsp3) is 0.211. The van der Waals surface area contributed by atoms with Crippen LogP contribution in [-0.4, -0.2) is 34.9 Å². The van der Waals surface area contributed by atoms with Gasteiger partial charge in [-0.3, -0.25) is 24.5 Å². The zero-order valence-corrected chi connectivity index (χ0v) is 15.9. The van der Waals surface area contributed by atoms with E-state index >= 15 is 0 Å². The molecule has 0 fully saturated rings. The van der Waals surface area contributed by atoms with Crippen LogP contribution in [0, 0.1) is 10.1 Å². The topological polar surface area (TPSA) is 116 Å². The first-order valence-corrected chi connectivity index (χ1v) is 9.33. The van der Waals surface area contributed by atoms with Crippen molar-refractivity contribution in [3.05, 3.63) is 64.2 Å². The van der Waals surface area contributed by atoms with Gasteiger partial charge >= 0.3 is 5.97 Å². The van der Waals surface area contributed by atoms with E-state index in [1.54, 1.807) is 31.2 Å². The number of nitrogens with zero attached hydrogens (tertiary/aromatic N) is 1. The lowest BCUT2D eigenvalue weighted by Gasteiger charge is -2.07. The molecule has 28 heavy (non-hydrogen) atoms. The smallest absolute Gasteiger partial charge is 0.313 e. The average Bonchev–Trinajstić information content (AvgIpc) is 2.67. The molecule has 0 radical (unpaired) electrons. The summed E-state index contributed by atoms with van der Waals surface area (Å²) in [6.07, 6.45) is -0.252. The van der Waals surface area contributed by atoms with Crippen molar-refractivity contribution in [2.75, 3.05) is 17.7 Å². The molecule has 2 rings (SSSR count). The Hall–Kier alpha value is -3.20. The minimum atomic E-state index is -0.563. The van der Waals surface area contributed by atoms with E-state index in [0.717, 1.165) is 4.90 Å². The van der Waals surface area contributed by atoms with Crippen LogP contribution in [-0.2, 0) is 14.3 Å². The zero-order valence-electron chi connectivity index (χ0n) is 15.0. The van der Waals surface area contributed by atoms with E-state index in [4.69, 9.17) is 4.74 Å². The molecule has 9 heteroatoms. The predicted octanol–water partition coefficient (Wildman–Crippen LogP) is 3.46. The van der Waals surface area contributed by atoms with Gasteiger partial charge in [-0.15, -0.1) is 11.8 Å². The number of Topliss-reactive ketones (excluding diaryl/α,β-unsaturated/α-hetero) is 1. The maximum atomic E-state index is 12.2. The number of benzene rings is 2. The molecule has 0 aliphatic rings. The van der Waals surface area contributed by atoms with Crippen LogP contribution in [0.3, 0.4) is 0 Å². The Morgan fingerprint density at radius 1 is 1.14 bits per heavy atom. The van der Waals surface area contributed by atoms with E-state index in [0.29, 0.717) is 5.69 Å². The molecule has 0 unspecified atom stereocenters. The van der Waals surface area contributed by atoms with Gasteiger partial charge in [-0.25, -0.2) is 0 Å². The van der Waals surface area contributed by atoms with Crippen LogP contribution in [0.15, 0.2) is 53.4 Å². The summed E-state index contributed by atoms with van der Waals surface area (Å²) in [7, 11) is 0. The number of hydrogen-bond acceptors (Lipinski definition) is 7. The molecule has 8 nitrogen and oxygen atoms in total. The average molecular weight is 402 g/mol. The summed E-state index contributed by atoms with van der Waals surface area (Å²) in [6, 6.07) is 12.2. The summed E-state index contributed by atoms with van der Waals surface area (Å²) >= 11 is 1.27. The molecule has 0 bridgehead atoms. The number of amides is 1. The van der Waals surface area contributed by atoms with Gasteiger partial charge in [0.2, 0.25) is 0 Å². The van der Waals surface area contributed by atoms with Gasteiger partial charge < -0.3 is 10.1 Å². The maximum absolute atomic E-state index is 12.2. The number of nitro benzene ring substituents is 1. The maximum Gasteiger partial charge on any atom is 0.313 e. The molecule has 2 aromatic carbocycles. The molecule has 1 amide bonds. The Kier molecular flexibility index (Phi) is 7.70. The molecule has 0 heterocycles. The fourth-order valence-electron chi connectivity index (χ4n) is 2.19. The van der Waals surface area contributed by atoms with Crippen molar-refractivity contribution in [1.82, 2.24) is 0 Å². The number of nitro groups is 1. The monoisotopic (exact) mass is 402 g/mol. The molecule has 0 aliphatic heterocycles. The van der Waals surface area contributed by atoms with Crippen LogP contribution in [0.1, 0.15) is 23.7 Å². The lowest BCUT2D eigenvalue weighted by atomic mass is 10.2. The number of hydrogen-bond donors (Lipinski definition) is 1. The lowest BCUT2D eigenvalue weighted by Crippen LogP contribution is -2.12. The molecule has 0 spiro atoms. The quantitative estimate of drug-likeness (QED) is 0.224. The van der Waals surface area contributed by atoms with Crippen LogP contribution >= 0.6 is 11.8 Å². The number of thioether (sulfide) groups is 1. The highest BCUT2D eigenvalue weighted by molar-refractivity contribution is 8.00. The lowest BCUT2D eigenvalue weighted by molar-refractivity contribution is -0.384. The van der Waals surface area contributed by atoms with Crippen molar-refractivity contribution in [1.29, 1.82) is 0 Å². The van der Waals surface area contributed by atoms with Gasteiger partial charge in [-0.1, -0.05) is 6.07 Å². The third-order valence-electron chi connectivity index (χ3n) is 3.48. The van der Waals surface area contributed by atoms with Gasteiger partial charge in [0.15, 0.2) is 5.78 Å². The first-order valence-electron chi connectivity index (χ1n) is 8.35. The van der Waals surface area contributed by atoms with Crippen LogP contribution in [0.2, 0.25) is 0 Å². The summed E-state index contributed by atoms with van der Waals surface area (Å²) in [5.41, 5.74) is 0.530. The second-order valence-corrected chi connectivity index (χ2v) is 6.64. The summed E-state index contributed by atoms with van der Waals surface area (Å²) < 4.78 is 4.73. The summed E-state index contributed by atoms with van der Waals surface area (Å²) in [5, 5.41) is 13.5. The molecule has 1 N–H and O–H groups in total. The Morgan fingerprint density at radius 2 is 1.86 bits per heavy atom. The van der Waals surface area contributed by atoms with E-state index in [-0.39, 0.29) is 35.8 Å². The van der Waals surface area contributed by atoms with Gasteiger partial charge in [-0.2, -0.15) is 0 Å². The first-order chi connectivity index (χ1) is 13.4. The highest BCUT2D eigenvalue weighted by atomic mass is 32.2. The number of carbonyl (C=O) groups excluding carboxylic acids is 3. The standard InChI is InChI=1S/C19H18N2O6S/c1-2-27-18(23)11-16(22)12-28-17-8-6-14(7-9-17)20-19(24)13-4-3-5-15(10-13)21(25)26/h3-10H,2,11-12H2,1H3,(H,20,24). The van der Waals surface area contributed by atoms with Gasteiger partial charge in [0, 0.05) is 28.3 Å². The van der Waals surface area contributed by atoms with Crippen molar-refractivity contribution < 1.29 is 24.0 Å². The van der Waals surface area contributed by atoms with E-state index in [1.165, 1.54) is 36.0 Å². The van der Waals surface area contributed by atoms with Gasteiger partial charge in [0.05, 0.1) is 17.3 Å². The number of esters is 1. The largest absolute Gasteiger partial charge is 0.466 e. The number of carbonyl (C=O) groups is 3. The minimum absolute atomic E-state index is 0.137. The minimum Gasteiger partial charge on any atom is -0.466 e. The second kappa shape index (κ2) is 10.2. The van der Waals surface area contributed by atoms with Crippen LogP contribution in [0.5, 0.6) is 0 Å². The van der Waals surface area contributed by atoms with Crippen molar-refractivity contribution in [3.63, 3.8) is 0 Å². The molecule has 2 aromatic rings. The second-order valence-electron chi connectivity index (χ2n) is 5.60. The van der Waals surface area contributed by atoms with Crippen molar-refractivity contribution in [2.24, 2.45) is 0 Å². The van der Waals surface area contributed by atoms with E-state index in [9.17, 15) is 24.5 Å². The van der Waals surface area contributed by atoms with Gasteiger partial charge in [-0.05, 0) is 37.3 Å².